The van der Waals surface area contributed by atoms with E-state index in [1.54, 1.807) is 0 Å². The molecule has 0 saturated carbocycles. The molecule has 4 rings (SSSR count). The fourth-order valence-corrected chi connectivity index (χ4v) is 3.83. The maximum absolute atomic E-state index is 12.4. The van der Waals surface area contributed by atoms with Gasteiger partial charge in [-0.05, 0) is 22.3 Å². The average Bonchev–Trinajstić information content (AvgIpc) is 3.20. The van der Waals surface area contributed by atoms with Crippen LogP contribution in [0, 0.1) is 11.3 Å². The Balaban J connectivity index is 1.55. The first-order chi connectivity index (χ1) is 14.0. The van der Waals surface area contributed by atoms with Crippen LogP contribution < -0.4 is 5.32 Å². The van der Waals surface area contributed by atoms with E-state index in [1.165, 1.54) is 17.8 Å². The van der Waals surface area contributed by atoms with Crippen LogP contribution in [0.25, 0.3) is 11.1 Å². The van der Waals surface area contributed by atoms with Crippen molar-refractivity contribution in [3.8, 4) is 17.2 Å². The number of nitrogens with zero attached hydrogens (tertiary/aromatic N) is 2. The number of ether oxygens (including phenoxy) is 1. The molecule has 3 aromatic rings. The van der Waals surface area contributed by atoms with Crippen LogP contribution in [-0.4, -0.2) is 28.3 Å². The highest BCUT2D eigenvalue weighted by molar-refractivity contribution is 5.99. The molecular weight excluding hydrogens is 370 g/mol. The number of carbonyl (C=O) groups excluding carboxylic acids is 1. The molecule has 0 bridgehead atoms. The van der Waals surface area contributed by atoms with Crippen molar-refractivity contribution < 1.29 is 19.4 Å². The zero-order valence-electron chi connectivity index (χ0n) is 15.5. The number of rotatable bonds is 4. The van der Waals surface area contributed by atoms with Crippen molar-refractivity contribution in [2.75, 3.05) is 11.9 Å². The van der Waals surface area contributed by atoms with Gasteiger partial charge in [0.15, 0.2) is 5.69 Å². The fraction of sp³-hybridized carbons (Fsp3) is 0.136. The number of hydrogen-bond donors (Lipinski definition) is 2. The van der Waals surface area contributed by atoms with Gasteiger partial charge in [0.05, 0.1) is 11.3 Å². The van der Waals surface area contributed by atoms with E-state index in [2.05, 4.69) is 5.32 Å². The molecule has 0 unspecified atom stereocenters. The Morgan fingerprint density at radius 3 is 2.28 bits per heavy atom. The summed E-state index contributed by atoms with van der Waals surface area (Å²) in [6.07, 6.45) is 0.541. The summed E-state index contributed by atoms with van der Waals surface area (Å²) in [5.74, 6) is -1.36. The van der Waals surface area contributed by atoms with Gasteiger partial charge in [-0.2, -0.15) is 5.26 Å². The highest BCUT2D eigenvalue weighted by Crippen LogP contribution is 2.44. The maximum Gasteiger partial charge on any atom is 0.411 e. The Bertz CT molecular complexity index is 1130. The molecule has 2 aromatic carbocycles. The van der Waals surface area contributed by atoms with Crippen LogP contribution in [0.5, 0.6) is 0 Å². The van der Waals surface area contributed by atoms with Gasteiger partial charge in [-0.1, -0.05) is 48.5 Å². The minimum atomic E-state index is -1.25. The molecule has 1 aromatic heterocycles. The van der Waals surface area contributed by atoms with E-state index in [0.717, 1.165) is 22.3 Å². The van der Waals surface area contributed by atoms with Crippen molar-refractivity contribution in [1.29, 1.82) is 5.26 Å². The molecule has 0 saturated heterocycles. The van der Waals surface area contributed by atoms with Crippen molar-refractivity contribution >= 4 is 17.7 Å². The Kier molecular flexibility index (Phi) is 4.53. The number of carboxylic acid groups (broad SMARTS) is 1. The van der Waals surface area contributed by atoms with Gasteiger partial charge in [-0.3, -0.25) is 5.32 Å². The predicted molar refractivity (Wildman–Crippen MR) is 106 cm³/mol. The number of aromatic nitrogens is 1. The van der Waals surface area contributed by atoms with Crippen LogP contribution in [0.3, 0.4) is 0 Å². The predicted octanol–water partition coefficient (Wildman–Crippen LogP) is 3.96. The molecule has 1 aliphatic rings. The number of aromatic carboxylic acids is 1. The van der Waals surface area contributed by atoms with Crippen LogP contribution in [0.4, 0.5) is 10.5 Å². The molecule has 0 spiro atoms. The van der Waals surface area contributed by atoms with Crippen LogP contribution in [0.15, 0.2) is 54.7 Å². The van der Waals surface area contributed by atoms with Gasteiger partial charge in [0.25, 0.3) is 0 Å². The smallest absolute Gasteiger partial charge is 0.411 e. The van der Waals surface area contributed by atoms with E-state index >= 15 is 0 Å². The molecular formula is C22H17N3O4. The first kappa shape index (κ1) is 18.3. The molecule has 0 radical (unpaired) electrons. The lowest BCUT2D eigenvalue weighted by Gasteiger charge is -2.14. The summed E-state index contributed by atoms with van der Waals surface area (Å²) in [5.41, 5.74) is 4.17. The van der Waals surface area contributed by atoms with Gasteiger partial charge in [0.2, 0.25) is 0 Å². The van der Waals surface area contributed by atoms with Crippen LogP contribution in [-0.2, 0) is 11.8 Å². The first-order valence-corrected chi connectivity index (χ1v) is 8.96. The number of anilines is 1. The number of fused-ring (bicyclic) bond motifs is 3. The Labute approximate surface area is 166 Å². The molecule has 1 heterocycles. The number of aryl methyl sites for hydroxylation is 1. The normalized spacial score (nSPS) is 12.0. The van der Waals surface area contributed by atoms with Crippen molar-refractivity contribution in [2.24, 2.45) is 7.05 Å². The molecule has 144 valence electrons. The van der Waals surface area contributed by atoms with Crippen molar-refractivity contribution in [1.82, 2.24) is 4.57 Å². The van der Waals surface area contributed by atoms with E-state index in [1.807, 2.05) is 54.6 Å². The molecule has 0 aliphatic heterocycles. The SMILES string of the molecule is Cn1cc(C#N)c(NC(=O)OCC2c3ccccc3-c3ccccc32)c1C(=O)O. The monoisotopic (exact) mass is 387 g/mol. The van der Waals surface area contributed by atoms with Crippen LogP contribution in [0.1, 0.15) is 33.1 Å². The number of carbonyl (C=O) groups is 2. The number of hydrogen-bond acceptors (Lipinski definition) is 4. The van der Waals surface area contributed by atoms with Crippen molar-refractivity contribution in [2.45, 2.75) is 5.92 Å². The van der Waals surface area contributed by atoms with E-state index in [-0.39, 0.29) is 29.5 Å². The third-order valence-electron chi connectivity index (χ3n) is 5.08. The van der Waals surface area contributed by atoms with Gasteiger partial charge in [-0.15, -0.1) is 0 Å². The zero-order valence-corrected chi connectivity index (χ0v) is 15.5. The molecule has 7 heteroatoms. The van der Waals surface area contributed by atoms with Gasteiger partial charge in [0.1, 0.15) is 12.7 Å². The third kappa shape index (κ3) is 3.11. The average molecular weight is 387 g/mol. The minimum Gasteiger partial charge on any atom is -0.477 e. The largest absolute Gasteiger partial charge is 0.477 e. The topological polar surface area (TPSA) is 104 Å². The van der Waals surface area contributed by atoms with E-state index < -0.39 is 12.1 Å². The lowest BCUT2D eigenvalue weighted by Crippen LogP contribution is -2.20. The lowest BCUT2D eigenvalue weighted by atomic mass is 9.98. The number of amides is 1. The molecule has 7 nitrogen and oxygen atoms in total. The standard InChI is InChI=1S/C22H17N3O4/c1-25-11-13(10-23)19(20(25)21(26)27)24-22(28)29-12-18-16-8-4-2-6-14(16)15-7-3-5-9-17(15)18/h2-9,11,18H,12H2,1H3,(H,24,28)(H,26,27). The van der Waals surface area contributed by atoms with Crippen LogP contribution in [0.2, 0.25) is 0 Å². The summed E-state index contributed by atoms with van der Waals surface area (Å²) >= 11 is 0. The van der Waals surface area contributed by atoms with Gasteiger partial charge >= 0.3 is 12.1 Å². The fourth-order valence-electron chi connectivity index (χ4n) is 3.83. The van der Waals surface area contributed by atoms with Gasteiger partial charge in [0, 0.05) is 19.2 Å². The van der Waals surface area contributed by atoms with E-state index in [4.69, 9.17) is 4.74 Å². The van der Waals surface area contributed by atoms with Gasteiger partial charge in [-0.25, -0.2) is 9.59 Å². The summed E-state index contributed by atoms with van der Waals surface area (Å²) in [5, 5.41) is 21.0. The van der Waals surface area contributed by atoms with E-state index in [9.17, 15) is 20.0 Å². The molecule has 29 heavy (non-hydrogen) atoms. The number of nitrogens with one attached hydrogen (secondary N) is 1. The van der Waals surface area contributed by atoms with Crippen molar-refractivity contribution in [3.63, 3.8) is 0 Å². The van der Waals surface area contributed by atoms with Crippen molar-refractivity contribution in [3.05, 3.63) is 77.1 Å². The summed E-state index contributed by atoms with van der Waals surface area (Å²) in [7, 11) is 1.49. The van der Waals surface area contributed by atoms with E-state index in [0.29, 0.717) is 0 Å². The highest BCUT2D eigenvalue weighted by atomic mass is 16.5. The number of carboxylic acids is 1. The second kappa shape index (κ2) is 7.17. The Morgan fingerprint density at radius 1 is 1.14 bits per heavy atom. The lowest BCUT2D eigenvalue weighted by molar-refractivity contribution is 0.0688. The van der Waals surface area contributed by atoms with Crippen LogP contribution >= 0.6 is 0 Å². The Morgan fingerprint density at radius 2 is 1.72 bits per heavy atom. The maximum atomic E-state index is 12.4. The molecule has 1 amide bonds. The second-order valence-corrected chi connectivity index (χ2v) is 6.74. The third-order valence-corrected chi connectivity index (χ3v) is 5.08. The summed E-state index contributed by atoms with van der Waals surface area (Å²) in [6, 6.07) is 17.8. The first-order valence-electron chi connectivity index (χ1n) is 8.96. The molecule has 1 aliphatic carbocycles. The number of benzene rings is 2. The second-order valence-electron chi connectivity index (χ2n) is 6.74. The molecule has 0 atom stereocenters. The Hall–Kier alpha value is -4.05. The number of nitriles is 1. The zero-order chi connectivity index (χ0) is 20.5. The summed E-state index contributed by atoms with van der Waals surface area (Å²) in [6.45, 7) is 0.0942. The summed E-state index contributed by atoms with van der Waals surface area (Å²) < 4.78 is 6.70. The van der Waals surface area contributed by atoms with Gasteiger partial charge < -0.3 is 14.4 Å². The molecule has 2 N–H and O–H groups in total. The molecule has 0 fully saturated rings. The summed E-state index contributed by atoms with van der Waals surface area (Å²) in [4.78, 5) is 23.9. The minimum absolute atomic E-state index is 0.0541. The quantitative estimate of drug-likeness (QED) is 0.705. The highest BCUT2D eigenvalue weighted by Gasteiger charge is 2.29.